The molecule has 0 aliphatic carbocycles. The van der Waals surface area contributed by atoms with E-state index in [4.69, 9.17) is 0 Å². The van der Waals surface area contributed by atoms with E-state index in [1.807, 2.05) is 42.6 Å². The van der Waals surface area contributed by atoms with E-state index in [0.29, 0.717) is 13.0 Å². The molecule has 1 aromatic heterocycles. The van der Waals surface area contributed by atoms with Crippen LogP contribution >= 0.6 is 27.3 Å². The number of benzene rings is 1. The third kappa shape index (κ3) is 3.05. The van der Waals surface area contributed by atoms with Crippen LogP contribution in [0.2, 0.25) is 0 Å². The Kier molecular flexibility index (Phi) is 4.55. The molecule has 1 aromatic carbocycles. The van der Waals surface area contributed by atoms with Crippen LogP contribution < -0.4 is 0 Å². The second kappa shape index (κ2) is 6.45. The van der Waals surface area contributed by atoms with Crippen LogP contribution in [0.3, 0.4) is 0 Å². The van der Waals surface area contributed by atoms with Gasteiger partial charge in [0.25, 0.3) is 0 Å². The number of fused-ring (bicyclic) bond motifs is 1. The van der Waals surface area contributed by atoms with Gasteiger partial charge in [-0.3, -0.25) is 4.79 Å². The van der Waals surface area contributed by atoms with Crippen molar-refractivity contribution < 1.29 is 14.7 Å². The summed E-state index contributed by atoms with van der Waals surface area (Å²) in [6.07, 6.45) is 0.328. The molecule has 23 heavy (non-hydrogen) atoms. The van der Waals surface area contributed by atoms with E-state index >= 15 is 0 Å². The Bertz CT molecular complexity index is 744. The zero-order valence-electron chi connectivity index (χ0n) is 12.5. The zero-order valence-corrected chi connectivity index (χ0v) is 14.9. The molecule has 0 saturated heterocycles. The maximum absolute atomic E-state index is 12.9. The first kappa shape index (κ1) is 16.2. The highest BCUT2D eigenvalue weighted by Crippen LogP contribution is 2.32. The Labute approximate surface area is 146 Å². The number of thiophene rings is 1. The van der Waals surface area contributed by atoms with Crippen LogP contribution in [-0.4, -0.2) is 27.9 Å². The number of nitrogens with zero attached hydrogens (tertiary/aromatic N) is 1. The highest BCUT2D eigenvalue weighted by atomic mass is 79.9. The summed E-state index contributed by atoms with van der Waals surface area (Å²) in [5.74, 6) is -1.42. The molecule has 0 radical (unpaired) electrons. The van der Waals surface area contributed by atoms with Gasteiger partial charge in [0, 0.05) is 22.3 Å². The standard InChI is InChI=1S/C17H16BrNO3S/c1-10(15-6-3-7-23-15)16(20)19-9-11-4-2-5-13(18)12(11)8-14(19)17(21)22/h2-7,10,14H,8-9H2,1H3,(H,21,22). The van der Waals surface area contributed by atoms with Crippen molar-refractivity contribution in [2.75, 3.05) is 0 Å². The smallest absolute Gasteiger partial charge is 0.326 e. The van der Waals surface area contributed by atoms with E-state index in [1.54, 1.807) is 0 Å². The van der Waals surface area contributed by atoms with Crippen molar-refractivity contribution in [1.29, 1.82) is 0 Å². The average molecular weight is 394 g/mol. The third-order valence-corrected chi connectivity index (χ3v) is 6.04. The van der Waals surface area contributed by atoms with Crippen molar-refractivity contribution in [3.8, 4) is 0 Å². The van der Waals surface area contributed by atoms with Crippen molar-refractivity contribution in [3.05, 3.63) is 56.2 Å². The van der Waals surface area contributed by atoms with Gasteiger partial charge in [0.15, 0.2) is 0 Å². The molecule has 1 amide bonds. The van der Waals surface area contributed by atoms with Crippen molar-refractivity contribution in [1.82, 2.24) is 4.90 Å². The van der Waals surface area contributed by atoms with Crippen molar-refractivity contribution in [2.45, 2.75) is 31.8 Å². The summed E-state index contributed by atoms with van der Waals surface area (Å²) in [6.45, 7) is 2.17. The van der Waals surface area contributed by atoms with Gasteiger partial charge in [0.2, 0.25) is 5.91 Å². The van der Waals surface area contributed by atoms with E-state index in [9.17, 15) is 14.7 Å². The third-order valence-electron chi connectivity index (χ3n) is 4.24. The van der Waals surface area contributed by atoms with E-state index in [0.717, 1.165) is 20.5 Å². The number of rotatable bonds is 3. The number of hydrogen-bond donors (Lipinski definition) is 1. The SMILES string of the molecule is CC(C(=O)N1Cc2cccc(Br)c2CC1C(=O)O)c1cccs1. The summed E-state index contributed by atoms with van der Waals surface area (Å²) in [6, 6.07) is 8.77. The van der Waals surface area contributed by atoms with Crippen LogP contribution in [0.1, 0.15) is 28.8 Å². The van der Waals surface area contributed by atoms with E-state index in [1.165, 1.54) is 16.2 Å². The largest absolute Gasteiger partial charge is 0.480 e. The zero-order chi connectivity index (χ0) is 16.6. The first-order valence-electron chi connectivity index (χ1n) is 7.32. The maximum Gasteiger partial charge on any atom is 0.326 e. The van der Waals surface area contributed by atoms with Crippen LogP contribution in [-0.2, 0) is 22.6 Å². The number of carbonyl (C=O) groups is 2. The summed E-state index contributed by atoms with van der Waals surface area (Å²) in [5.41, 5.74) is 1.98. The number of halogens is 1. The van der Waals surface area contributed by atoms with Crippen LogP contribution in [0.15, 0.2) is 40.2 Å². The topological polar surface area (TPSA) is 57.6 Å². The number of carbonyl (C=O) groups excluding carboxylic acids is 1. The van der Waals surface area contributed by atoms with Crippen LogP contribution in [0.25, 0.3) is 0 Å². The molecular formula is C17H16BrNO3S. The summed E-state index contributed by atoms with van der Waals surface area (Å²) < 4.78 is 0.902. The minimum Gasteiger partial charge on any atom is -0.480 e. The van der Waals surface area contributed by atoms with Gasteiger partial charge in [0.1, 0.15) is 6.04 Å². The Morgan fingerprint density at radius 3 is 2.78 bits per heavy atom. The quantitative estimate of drug-likeness (QED) is 0.865. The summed E-state index contributed by atoms with van der Waals surface area (Å²) in [5, 5.41) is 11.5. The first-order valence-corrected chi connectivity index (χ1v) is 8.99. The molecule has 2 heterocycles. The van der Waals surface area contributed by atoms with E-state index < -0.39 is 12.0 Å². The van der Waals surface area contributed by atoms with Gasteiger partial charge in [-0.1, -0.05) is 34.1 Å². The number of aliphatic carboxylic acids is 1. The van der Waals surface area contributed by atoms with Gasteiger partial charge < -0.3 is 10.0 Å². The molecule has 1 aliphatic rings. The minimum absolute atomic E-state index is 0.134. The van der Waals surface area contributed by atoms with Crippen LogP contribution in [0.4, 0.5) is 0 Å². The fraction of sp³-hybridized carbons (Fsp3) is 0.294. The van der Waals surface area contributed by atoms with Crippen molar-refractivity contribution in [3.63, 3.8) is 0 Å². The Morgan fingerprint density at radius 2 is 2.13 bits per heavy atom. The van der Waals surface area contributed by atoms with Crippen LogP contribution in [0, 0.1) is 0 Å². The Hall–Kier alpha value is -1.66. The Morgan fingerprint density at radius 1 is 1.35 bits per heavy atom. The van der Waals surface area contributed by atoms with Crippen LogP contribution in [0.5, 0.6) is 0 Å². The van der Waals surface area contributed by atoms with Gasteiger partial charge in [0.05, 0.1) is 5.92 Å². The second-order valence-corrected chi connectivity index (χ2v) is 7.47. The van der Waals surface area contributed by atoms with Gasteiger partial charge in [-0.2, -0.15) is 0 Å². The normalized spacial score (nSPS) is 18.3. The molecule has 4 nitrogen and oxygen atoms in total. The maximum atomic E-state index is 12.9. The molecule has 2 unspecified atom stereocenters. The molecule has 0 saturated carbocycles. The molecule has 6 heteroatoms. The predicted molar refractivity (Wildman–Crippen MR) is 92.6 cm³/mol. The highest BCUT2D eigenvalue weighted by molar-refractivity contribution is 9.10. The molecule has 1 aliphatic heterocycles. The lowest BCUT2D eigenvalue weighted by Crippen LogP contribution is -2.49. The predicted octanol–water partition coefficient (Wildman–Crippen LogP) is 3.65. The van der Waals surface area contributed by atoms with Gasteiger partial charge >= 0.3 is 5.97 Å². The molecule has 0 fully saturated rings. The fourth-order valence-corrected chi connectivity index (χ4v) is 4.28. The Balaban J connectivity index is 1.94. The number of carboxylic acid groups (broad SMARTS) is 1. The van der Waals surface area contributed by atoms with Gasteiger partial charge in [-0.15, -0.1) is 11.3 Å². The molecule has 120 valence electrons. The molecular weight excluding hydrogens is 378 g/mol. The lowest BCUT2D eigenvalue weighted by atomic mass is 9.92. The van der Waals surface area contributed by atoms with Crippen molar-refractivity contribution >= 4 is 39.1 Å². The first-order chi connectivity index (χ1) is 11.0. The molecule has 1 N–H and O–H groups in total. The average Bonchev–Trinajstić information content (AvgIpc) is 3.07. The summed E-state index contributed by atoms with van der Waals surface area (Å²) in [7, 11) is 0. The molecule has 2 aromatic rings. The molecule has 0 bridgehead atoms. The monoisotopic (exact) mass is 393 g/mol. The highest BCUT2D eigenvalue weighted by Gasteiger charge is 2.37. The lowest BCUT2D eigenvalue weighted by Gasteiger charge is -2.36. The van der Waals surface area contributed by atoms with Crippen molar-refractivity contribution in [2.24, 2.45) is 0 Å². The number of carboxylic acids is 1. The lowest BCUT2D eigenvalue weighted by molar-refractivity contribution is -0.151. The molecule has 3 rings (SSSR count). The molecule has 0 spiro atoms. The van der Waals surface area contributed by atoms with E-state index in [-0.39, 0.29) is 11.8 Å². The second-order valence-electron chi connectivity index (χ2n) is 5.64. The summed E-state index contributed by atoms with van der Waals surface area (Å²) >= 11 is 5.00. The van der Waals surface area contributed by atoms with Gasteiger partial charge in [-0.25, -0.2) is 4.79 Å². The van der Waals surface area contributed by atoms with E-state index in [2.05, 4.69) is 15.9 Å². The molecule has 2 atom stereocenters. The summed E-state index contributed by atoms with van der Waals surface area (Å²) in [4.78, 5) is 27.0. The van der Waals surface area contributed by atoms with Gasteiger partial charge in [-0.05, 0) is 35.6 Å². The number of amides is 1. The fourth-order valence-electron chi connectivity index (χ4n) is 2.94. The number of hydrogen-bond acceptors (Lipinski definition) is 3. The minimum atomic E-state index is -0.960.